The monoisotopic (exact) mass is 381 g/mol. The summed E-state index contributed by atoms with van der Waals surface area (Å²) in [5.41, 5.74) is 2.14. The SMILES string of the molecule is CC(C)COc1ccc(CCNC(=O)c2ccn(-c3ccc(F)cc3)n2)cc1. The molecule has 0 spiro atoms. The molecule has 0 saturated heterocycles. The lowest BCUT2D eigenvalue weighted by Crippen LogP contribution is -2.26. The van der Waals surface area contributed by atoms with E-state index in [0.717, 1.165) is 17.7 Å². The number of ether oxygens (including phenoxy) is 1. The average molecular weight is 381 g/mol. The van der Waals surface area contributed by atoms with Gasteiger partial charge < -0.3 is 10.1 Å². The van der Waals surface area contributed by atoms with Crippen LogP contribution in [0.25, 0.3) is 5.69 Å². The Labute approximate surface area is 164 Å². The average Bonchev–Trinajstić information content (AvgIpc) is 3.18. The van der Waals surface area contributed by atoms with Gasteiger partial charge >= 0.3 is 0 Å². The molecule has 1 amide bonds. The first kappa shape index (κ1) is 19.6. The van der Waals surface area contributed by atoms with E-state index in [-0.39, 0.29) is 11.7 Å². The van der Waals surface area contributed by atoms with Crippen molar-refractivity contribution in [3.05, 3.63) is 77.9 Å². The van der Waals surface area contributed by atoms with Crippen molar-refractivity contribution >= 4 is 5.91 Å². The van der Waals surface area contributed by atoms with E-state index in [1.165, 1.54) is 12.1 Å². The second-order valence-electron chi connectivity index (χ2n) is 6.98. The summed E-state index contributed by atoms with van der Waals surface area (Å²) >= 11 is 0. The van der Waals surface area contributed by atoms with E-state index in [1.807, 2.05) is 24.3 Å². The summed E-state index contributed by atoms with van der Waals surface area (Å²) in [7, 11) is 0. The molecule has 3 aromatic rings. The van der Waals surface area contributed by atoms with Gasteiger partial charge in [-0.2, -0.15) is 5.10 Å². The maximum Gasteiger partial charge on any atom is 0.271 e. The number of halogens is 1. The van der Waals surface area contributed by atoms with Crippen LogP contribution in [0.15, 0.2) is 60.8 Å². The number of aromatic nitrogens is 2. The molecule has 0 saturated carbocycles. The molecule has 0 aliphatic carbocycles. The number of nitrogens with zero attached hydrogens (tertiary/aromatic N) is 2. The highest BCUT2D eigenvalue weighted by Gasteiger charge is 2.10. The third-order valence-corrected chi connectivity index (χ3v) is 4.12. The van der Waals surface area contributed by atoms with Crippen molar-refractivity contribution in [2.75, 3.05) is 13.2 Å². The zero-order valence-electron chi connectivity index (χ0n) is 16.1. The minimum absolute atomic E-state index is 0.238. The van der Waals surface area contributed by atoms with E-state index >= 15 is 0 Å². The van der Waals surface area contributed by atoms with E-state index in [0.29, 0.717) is 30.5 Å². The molecule has 0 aliphatic heterocycles. The van der Waals surface area contributed by atoms with Gasteiger partial charge in [-0.05, 0) is 60.4 Å². The van der Waals surface area contributed by atoms with E-state index in [4.69, 9.17) is 4.74 Å². The molecule has 0 aliphatic rings. The van der Waals surface area contributed by atoms with Crippen LogP contribution in [0.1, 0.15) is 29.9 Å². The number of carbonyl (C=O) groups excluding carboxylic acids is 1. The summed E-state index contributed by atoms with van der Waals surface area (Å²) in [5.74, 6) is 0.792. The molecule has 1 N–H and O–H groups in total. The van der Waals surface area contributed by atoms with E-state index in [9.17, 15) is 9.18 Å². The molecule has 0 bridgehead atoms. The molecular weight excluding hydrogens is 357 g/mol. The minimum atomic E-state index is -0.312. The van der Waals surface area contributed by atoms with Crippen molar-refractivity contribution < 1.29 is 13.9 Å². The highest BCUT2D eigenvalue weighted by atomic mass is 19.1. The number of rotatable bonds is 8. The van der Waals surface area contributed by atoms with Gasteiger partial charge in [0.2, 0.25) is 0 Å². The Balaban J connectivity index is 1.48. The Hall–Kier alpha value is -3.15. The minimum Gasteiger partial charge on any atom is -0.493 e. The van der Waals surface area contributed by atoms with Crippen LogP contribution < -0.4 is 10.1 Å². The molecule has 6 heteroatoms. The molecule has 28 heavy (non-hydrogen) atoms. The van der Waals surface area contributed by atoms with Crippen molar-refractivity contribution in [2.45, 2.75) is 20.3 Å². The fraction of sp³-hybridized carbons (Fsp3) is 0.273. The molecule has 3 rings (SSSR count). The predicted octanol–water partition coefficient (Wildman–Crippen LogP) is 4.02. The van der Waals surface area contributed by atoms with Crippen LogP contribution in [-0.2, 0) is 6.42 Å². The number of nitrogens with one attached hydrogen (secondary N) is 1. The van der Waals surface area contributed by atoms with Gasteiger partial charge in [-0.3, -0.25) is 4.79 Å². The lowest BCUT2D eigenvalue weighted by atomic mass is 10.1. The first-order chi connectivity index (χ1) is 13.5. The quantitative estimate of drug-likeness (QED) is 0.641. The lowest BCUT2D eigenvalue weighted by molar-refractivity contribution is 0.0948. The fourth-order valence-corrected chi connectivity index (χ4v) is 2.61. The zero-order valence-corrected chi connectivity index (χ0v) is 16.1. The summed E-state index contributed by atoms with van der Waals surface area (Å²) in [6.07, 6.45) is 2.40. The van der Waals surface area contributed by atoms with E-state index < -0.39 is 0 Å². The fourth-order valence-electron chi connectivity index (χ4n) is 2.61. The summed E-state index contributed by atoms with van der Waals surface area (Å²) in [5, 5.41) is 7.12. The van der Waals surface area contributed by atoms with Gasteiger partial charge in [-0.25, -0.2) is 9.07 Å². The van der Waals surface area contributed by atoms with Crippen LogP contribution in [-0.4, -0.2) is 28.8 Å². The van der Waals surface area contributed by atoms with Crippen molar-refractivity contribution in [3.63, 3.8) is 0 Å². The van der Waals surface area contributed by atoms with Gasteiger partial charge in [0.25, 0.3) is 5.91 Å². The number of benzene rings is 2. The molecular formula is C22H24FN3O2. The second kappa shape index (κ2) is 9.17. The largest absolute Gasteiger partial charge is 0.493 e. The molecule has 5 nitrogen and oxygen atoms in total. The molecule has 2 aromatic carbocycles. The van der Waals surface area contributed by atoms with Crippen LogP contribution in [0.2, 0.25) is 0 Å². The topological polar surface area (TPSA) is 56.1 Å². The maximum atomic E-state index is 13.0. The Morgan fingerprint density at radius 1 is 1.11 bits per heavy atom. The maximum absolute atomic E-state index is 13.0. The zero-order chi connectivity index (χ0) is 19.9. The molecule has 0 atom stereocenters. The highest BCUT2D eigenvalue weighted by molar-refractivity contribution is 5.92. The Morgan fingerprint density at radius 2 is 1.82 bits per heavy atom. The first-order valence-corrected chi connectivity index (χ1v) is 9.33. The summed E-state index contributed by atoms with van der Waals surface area (Å²) in [6, 6.07) is 15.5. The highest BCUT2D eigenvalue weighted by Crippen LogP contribution is 2.13. The summed E-state index contributed by atoms with van der Waals surface area (Å²) in [6.45, 7) is 5.42. The number of amides is 1. The molecule has 146 valence electrons. The summed E-state index contributed by atoms with van der Waals surface area (Å²) < 4.78 is 20.2. The Kier molecular flexibility index (Phi) is 6.42. The number of hydrogen-bond donors (Lipinski definition) is 1. The van der Waals surface area contributed by atoms with Crippen molar-refractivity contribution in [3.8, 4) is 11.4 Å². The lowest BCUT2D eigenvalue weighted by Gasteiger charge is -2.09. The second-order valence-corrected chi connectivity index (χ2v) is 6.98. The third-order valence-electron chi connectivity index (χ3n) is 4.12. The van der Waals surface area contributed by atoms with Gasteiger partial charge in [0.05, 0.1) is 12.3 Å². The van der Waals surface area contributed by atoms with Crippen LogP contribution in [0.4, 0.5) is 4.39 Å². The van der Waals surface area contributed by atoms with Gasteiger partial charge in [0.15, 0.2) is 5.69 Å². The normalized spacial score (nSPS) is 10.9. The van der Waals surface area contributed by atoms with Crippen molar-refractivity contribution in [1.29, 1.82) is 0 Å². The van der Waals surface area contributed by atoms with Crippen LogP contribution in [0.5, 0.6) is 5.75 Å². The third kappa shape index (κ3) is 5.42. The molecule has 1 heterocycles. The van der Waals surface area contributed by atoms with Gasteiger partial charge in [-0.1, -0.05) is 26.0 Å². The standard InChI is InChI=1S/C22H24FN3O2/c1-16(2)15-28-20-9-3-17(4-10-20)11-13-24-22(27)21-12-14-26(25-21)19-7-5-18(23)6-8-19/h3-10,12,14,16H,11,13,15H2,1-2H3,(H,24,27). The van der Waals surface area contributed by atoms with Gasteiger partial charge in [-0.15, -0.1) is 0 Å². The summed E-state index contributed by atoms with van der Waals surface area (Å²) in [4.78, 5) is 12.3. The number of carbonyl (C=O) groups is 1. The number of hydrogen-bond acceptors (Lipinski definition) is 3. The van der Waals surface area contributed by atoms with Crippen molar-refractivity contribution in [1.82, 2.24) is 15.1 Å². The van der Waals surface area contributed by atoms with E-state index in [1.54, 1.807) is 29.1 Å². The van der Waals surface area contributed by atoms with Crippen LogP contribution in [0, 0.1) is 11.7 Å². The molecule has 0 unspecified atom stereocenters. The van der Waals surface area contributed by atoms with Gasteiger partial charge in [0, 0.05) is 12.7 Å². The first-order valence-electron chi connectivity index (χ1n) is 9.33. The van der Waals surface area contributed by atoms with Crippen LogP contribution >= 0.6 is 0 Å². The smallest absolute Gasteiger partial charge is 0.271 e. The van der Waals surface area contributed by atoms with E-state index in [2.05, 4.69) is 24.3 Å². The van der Waals surface area contributed by atoms with Gasteiger partial charge in [0.1, 0.15) is 11.6 Å². The predicted molar refractivity (Wildman–Crippen MR) is 106 cm³/mol. The Bertz CT molecular complexity index is 902. The molecule has 1 aromatic heterocycles. The van der Waals surface area contributed by atoms with Crippen LogP contribution in [0.3, 0.4) is 0 Å². The van der Waals surface area contributed by atoms with Crippen molar-refractivity contribution in [2.24, 2.45) is 5.92 Å². The molecule has 0 fully saturated rings. The molecule has 0 radical (unpaired) electrons. The Morgan fingerprint density at radius 3 is 2.50 bits per heavy atom.